The number of carbonyl (C=O) groups is 2. The van der Waals surface area contributed by atoms with Gasteiger partial charge >= 0.3 is 0 Å². The normalized spacial score (nSPS) is 22.9. The van der Waals surface area contributed by atoms with Gasteiger partial charge in [-0.3, -0.25) is 9.59 Å². The molecule has 0 aromatic carbocycles. The van der Waals surface area contributed by atoms with Crippen molar-refractivity contribution in [1.29, 1.82) is 0 Å². The van der Waals surface area contributed by atoms with E-state index in [0.29, 0.717) is 30.9 Å². The second-order valence-electron chi connectivity index (χ2n) is 6.85. The van der Waals surface area contributed by atoms with Gasteiger partial charge in [0, 0.05) is 30.0 Å². The molecule has 0 bridgehead atoms. The molecule has 1 amide bonds. The predicted molar refractivity (Wildman–Crippen MR) is 75.3 cm³/mol. The molecule has 1 aromatic rings. The fourth-order valence-corrected chi connectivity index (χ4v) is 3.48. The van der Waals surface area contributed by atoms with Crippen LogP contribution in [0.1, 0.15) is 36.5 Å². The maximum Gasteiger partial charge on any atom is 0.292 e. The number of aryl methyl sites for hydroxylation is 1. The quantitative estimate of drug-likeness (QED) is 0.840. The molecule has 0 unspecified atom stereocenters. The number of likely N-dealkylation sites (tertiary alicyclic amines) is 1. The highest BCUT2D eigenvalue weighted by Gasteiger charge is 2.52. The van der Waals surface area contributed by atoms with Gasteiger partial charge in [0.15, 0.2) is 5.78 Å². The number of aromatic nitrogens is 1. The van der Waals surface area contributed by atoms with Crippen LogP contribution in [0.4, 0.5) is 0 Å². The second-order valence-corrected chi connectivity index (χ2v) is 6.85. The summed E-state index contributed by atoms with van der Waals surface area (Å²) in [6.07, 6.45) is 2.54. The molecule has 6 nitrogen and oxygen atoms in total. The summed E-state index contributed by atoms with van der Waals surface area (Å²) < 4.78 is 5.00. The highest BCUT2D eigenvalue weighted by Crippen LogP contribution is 2.47. The summed E-state index contributed by atoms with van der Waals surface area (Å²) in [6.45, 7) is 6.70. The van der Waals surface area contributed by atoms with Crippen molar-refractivity contribution < 1.29 is 14.1 Å². The molecule has 0 atom stereocenters. The van der Waals surface area contributed by atoms with E-state index in [-0.39, 0.29) is 22.9 Å². The van der Waals surface area contributed by atoms with Crippen LogP contribution in [-0.2, 0) is 4.79 Å². The Morgan fingerprint density at radius 1 is 1.43 bits per heavy atom. The molecular weight excluding hydrogens is 270 g/mol. The summed E-state index contributed by atoms with van der Waals surface area (Å²) in [5.41, 5.74) is 6.19. The van der Waals surface area contributed by atoms with Gasteiger partial charge < -0.3 is 15.2 Å². The number of amides is 1. The van der Waals surface area contributed by atoms with E-state index in [9.17, 15) is 9.59 Å². The molecular formula is C15H19N3O3. The largest absolute Gasteiger partial charge is 0.396 e. The summed E-state index contributed by atoms with van der Waals surface area (Å²) in [6, 6.07) is 1.63. The van der Waals surface area contributed by atoms with Gasteiger partial charge in [-0.15, -0.1) is 0 Å². The van der Waals surface area contributed by atoms with Crippen LogP contribution in [-0.4, -0.2) is 34.8 Å². The van der Waals surface area contributed by atoms with Crippen molar-refractivity contribution in [2.24, 2.45) is 16.6 Å². The molecule has 2 N–H and O–H groups in total. The monoisotopic (exact) mass is 289 g/mol. The maximum atomic E-state index is 12.2. The molecule has 21 heavy (non-hydrogen) atoms. The fourth-order valence-electron chi connectivity index (χ4n) is 3.48. The molecule has 2 aliphatic rings. The third-order valence-corrected chi connectivity index (χ3v) is 4.27. The zero-order chi connectivity index (χ0) is 15.4. The smallest absolute Gasteiger partial charge is 0.292 e. The van der Waals surface area contributed by atoms with Crippen LogP contribution >= 0.6 is 0 Å². The van der Waals surface area contributed by atoms with E-state index in [1.807, 2.05) is 19.9 Å². The highest BCUT2D eigenvalue weighted by molar-refractivity contribution is 6.00. The summed E-state index contributed by atoms with van der Waals surface area (Å²) in [7, 11) is 0. The van der Waals surface area contributed by atoms with E-state index < -0.39 is 5.41 Å². The Labute approximate surface area is 122 Å². The van der Waals surface area contributed by atoms with E-state index in [0.717, 1.165) is 0 Å². The van der Waals surface area contributed by atoms with Crippen molar-refractivity contribution in [2.45, 2.75) is 27.2 Å². The minimum atomic E-state index is -0.475. The van der Waals surface area contributed by atoms with Crippen LogP contribution in [0.3, 0.4) is 0 Å². The van der Waals surface area contributed by atoms with Crippen molar-refractivity contribution in [3.63, 3.8) is 0 Å². The van der Waals surface area contributed by atoms with Gasteiger partial charge in [-0.05, 0) is 19.4 Å². The first kappa shape index (κ1) is 13.9. The van der Waals surface area contributed by atoms with Crippen molar-refractivity contribution in [2.75, 3.05) is 13.1 Å². The van der Waals surface area contributed by atoms with Crippen molar-refractivity contribution in [3.05, 3.63) is 29.3 Å². The molecule has 112 valence electrons. The number of ketones is 1. The molecule has 3 rings (SSSR count). The van der Waals surface area contributed by atoms with Crippen molar-refractivity contribution in [3.8, 4) is 0 Å². The molecule has 0 radical (unpaired) electrons. The maximum absolute atomic E-state index is 12.2. The molecule has 1 saturated heterocycles. The zero-order valence-electron chi connectivity index (χ0n) is 12.5. The summed E-state index contributed by atoms with van der Waals surface area (Å²) in [5, 5.41) is 3.73. The third kappa shape index (κ3) is 2.14. The van der Waals surface area contributed by atoms with Crippen molar-refractivity contribution >= 4 is 11.7 Å². The Bertz CT molecular complexity index is 651. The first-order valence-electron chi connectivity index (χ1n) is 6.98. The van der Waals surface area contributed by atoms with Crippen LogP contribution in [0.2, 0.25) is 0 Å². The molecule has 1 spiro atoms. The summed E-state index contributed by atoms with van der Waals surface area (Å²) in [5.74, 6) is 0.0807. The van der Waals surface area contributed by atoms with Gasteiger partial charge in [-0.1, -0.05) is 19.0 Å². The third-order valence-electron chi connectivity index (χ3n) is 4.27. The first-order valence-corrected chi connectivity index (χ1v) is 6.98. The number of nitrogens with two attached hydrogens (primary N) is 1. The van der Waals surface area contributed by atoms with Crippen LogP contribution in [0, 0.1) is 17.8 Å². The molecule has 1 fully saturated rings. The van der Waals surface area contributed by atoms with Gasteiger partial charge in [-0.2, -0.15) is 0 Å². The average molecular weight is 289 g/mol. The number of allylic oxidation sites excluding steroid dienone is 1. The first-order chi connectivity index (χ1) is 9.72. The summed E-state index contributed by atoms with van der Waals surface area (Å²) in [4.78, 5) is 26.0. The van der Waals surface area contributed by atoms with E-state index >= 15 is 0 Å². The lowest BCUT2D eigenvalue weighted by molar-refractivity contribution is -0.127. The number of carbonyl (C=O) groups excluding carboxylic acids is 2. The lowest BCUT2D eigenvalue weighted by Crippen LogP contribution is -2.61. The van der Waals surface area contributed by atoms with E-state index in [1.165, 1.54) is 0 Å². The van der Waals surface area contributed by atoms with Crippen LogP contribution in [0.25, 0.3) is 0 Å². The SMILES string of the molecule is Cc1cc(C(=O)N2CC3(C=C(N)C(=O)C(C)(C)C3)C2)on1. The number of rotatable bonds is 1. The number of hydrogen-bond acceptors (Lipinski definition) is 5. The average Bonchev–Trinajstić information content (AvgIpc) is 2.78. The van der Waals surface area contributed by atoms with Gasteiger partial charge in [0.25, 0.3) is 5.91 Å². The lowest BCUT2D eigenvalue weighted by Gasteiger charge is -2.53. The van der Waals surface area contributed by atoms with Gasteiger partial charge in [0.05, 0.1) is 11.4 Å². The van der Waals surface area contributed by atoms with Crippen LogP contribution in [0.15, 0.2) is 22.4 Å². The number of hydrogen-bond donors (Lipinski definition) is 1. The van der Waals surface area contributed by atoms with Gasteiger partial charge in [0.2, 0.25) is 5.76 Å². The Kier molecular flexibility index (Phi) is 2.77. The minimum absolute atomic E-state index is 0.0104. The Balaban J connectivity index is 1.76. The second kappa shape index (κ2) is 4.19. The zero-order valence-corrected chi connectivity index (χ0v) is 12.5. The molecule has 1 aliphatic carbocycles. The Hall–Kier alpha value is -2.11. The molecule has 0 saturated carbocycles. The van der Waals surface area contributed by atoms with Gasteiger partial charge in [0.1, 0.15) is 0 Å². The molecule has 1 aliphatic heterocycles. The number of nitrogens with zero attached hydrogens (tertiary/aromatic N) is 2. The predicted octanol–water partition coefficient (Wildman–Crippen LogP) is 1.27. The fraction of sp³-hybridized carbons (Fsp3) is 0.533. The van der Waals surface area contributed by atoms with E-state index in [1.54, 1.807) is 17.9 Å². The van der Waals surface area contributed by atoms with Crippen LogP contribution in [0.5, 0.6) is 0 Å². The summed E-state index contributed by atoms with van der Waals surface area (Å²) >= 11 is 0. The van der Waals surface area contributed by atoms with E-state index in [4.69, 9.17) is 10.3 Å². The Morgan fingerprint density at radius 2 is 2.10 bits per heavy atom. The van der Waals surface area contributed by atoms with Crippen molar-refractivity contribution in [1.82, 2.24) is 10.1 Å². The van der Waals surface area contributed by atoms with E-state index in [2.05, 4.69) is 5.16 Å². The molecule has 1 aromatic heterocycles. The molecule has 2 heterocycles. The topological polar surface area (TPSA) is 89.4 Å². The minimum Gasteiger partial charge on any atom is -0.396 e. The lowest BCUT2D eigenvalue weighted by atomic mass is 9.62. The standard InChI is InChI=1S/C15H19N3O3/c1-9-4-11(21-17-9)13(20)18-7-15(8-18)5-10(16)12(19)14(2,3)6-15/h4-5H,6-8,16H2,1-3H3. The van der Waals surface area contributed by atoms with Gasteiger partial charge in [-0.25, -0.2) is 0 Å². The number of Topliss-reactive ketones (excluding diaryl/α,β-unsaturated/α-hetero) is 1. The Morgan fingerprint density at radius 3 is 2.62 bits per heavy atom. The molecule has 6 heteroatoms. The highest BCUT2D eigenvalue weighted by atomic mass is 16.5. The van der Waals surface area contributed by atoms with Crippen LogP contribution < -0.4 is 5.73 Å².